The fourth-order valence-corrected chi connectivity index (χ4v) is 1.36. The van der Waals surface area contributed by atoms with E-state index in [9.17, 15) is 4.79 Å². The van der Waals surface area contributed by atoms with Gasteiger partial charge in [-0.1, -0.05) is 13.3 Å². The molecular formula is C10H17N3O. The zero-order chi connectivity index (χ0) is 10.6. The number of nitrogens with one attached hydrogen (secondary N) is 1. The molecule has 0 saturated heterocycles. The van der Waals surface area contributed by atoms with Crippen LogP contribution in [0.25, 0.3) is 0 Å². The van der Waals surface area contributed by atoms with Crippen molar-refractivity contribution in [2.45, 2.75) is 26.2 Å². The lowest BCUT2D eigenvalue weighted by Crippen LogP contribution is -2.22. The van der Waals surface area contributed by atoms with E-state index >= 15 is 0 Å². The largest absolute Gasteiger partial charge is 0.373 e. The van der Waals surface area contributed by atoms with Gasteiger partial charge in [-0.3, -0.25) is 0 Å². The van der Waals surface area contributed by atoms with E-state index in [1.807, 2.05) is 6.20 Å². The molecule has 0 saturated carbocycles. The zero-order valence-electron chi connectivity index (χ0n) is 9.00. The SMILES string of the molecule is CCCCc1cn(C)c(=O)nc1NC. The minimum absolute atomic E-state index is 0.213. The van der Waals surface area contributed by atoms with Gasteiger partial charge in [-0.2, -0.15) is 4.98 Å². The summed E-state index contributed by atoms with van der Waals surface area (Å²) in [6.45, 7) is 2.15. The minimum atomic E-state index is -0.213. The Bertz CT molecular complexity index is 357. The van der Waals surface area contributed by atoms with Crippen molar-refractivity contribution >= 4 is 5.82 Å². The van der Waals surface area contributed by atoms with Crippen molar-refractivity contribution in [2.24, 2.45) is 7.05 Å². The molecule has 1 N–H and O–H groups in total. The van der Waals surface area contributed by atoms with Crippen LogP contribution >= 0.6 is 0 Å². The fraction of sp³-hybridized carbons (Fsp3) is 0.600. The smallest absolute Gasteiger partial charge is 0.349 e. The van der Waals surface area contributed by atoms with Crippen LogP contribution in [0.5, 0.6) is 0 Å². The van der Waals surface area contributed by atoms with Gasteiger partial charge < -0.3 is 9.88 Å². The lowest BCUT2D eigenvalue weighted by Gasteiger charge is -2.08. The van der Waals surface area contributed by atoms with Gasteiger partial charge in [0.05, 0.1) is 0 Å². The third-order valence-electron chi connectivity index (χ3n) is 2.20. The number of unbranched alkanes of at least 4 members (excludes halogenated alkanes) is 1. The molecule has 4 nitrogen and oxygen atoms in total. The van der Waals surface area contributed by atoms with Crippen molar-refractivity contribution in [2.75, 3.05) is 12.4 Å². The lowest BCUT2D eigenvalue weighted by molar-refractivity contribution is 0.751. The lowest BCUT2D eigenvalue weighted by atomic mass is 10.1. The molecule has 0 bridgehead atoms. The van der Waals surface area contributed by atoms with Crippen molar-refractivity contribution < 1.29 is 0 Å². The molecule has 1 aromatic rings. The second-order valence-electron chi connectivity index (χ2n) is 3.36. The Kier molecular flexibility index (Phi) is 3.68. The Balaban J connectivity index is 3.01. The first kappa shape index (κ1) is 10.8. The monoisotopic (exact) mass is 195 g/mol. The van der Waals surface area contributed by atoms with Crippen molar-refractivity contribution in [1.82, 2.24) is 9.55 Å². The Morgan fingerprint density at radius 2 is 2.29 bits per heavy atom. The first-order valence-electron chi connectivity index (χ1n) is 4.93. The van der Waals surface area contributed by atoms with E-state index in [0.717, 1.165) is 24.8 Å². The number of rotatable bonds is 4. The van der Waals surface area contributed by atoms with E-state index < -0.39 is 0 Å². The van der Waals surface area contributed by atoms with Crippen molar-refractivity contribution in [1.29, 1.82) is 0 Å². The number of anilines is 1. The minimum Gasteiger partial charge on any atom is -0.373 e. The van der Waals surface area contributed by atoms with Gasteiger partial charge in [0.2, 0.25) is 0 Å². The molecule has 0 unspecified atom stereocenters. The highest BCUT2D eigenvalue weighted by Gasteiger charge is 2.04. The summed E-state index contributed by atoms with van der Waals surface area (Å²) in [5.74, 6) is 0.710. The molecule has 1 aromatic heterocycles. The van der Waals surface area contributed by atoms with Crippen LogP contribution in [0.2, 0.25) is 0 Å². The molecule has 0 aliphatic rings. The molecule has 0 amide bonds. The van der Waals surface area contributed by atoms with Crippen LogP contribution in [0.3, 0.4) is 0 Å². The second kappa shape index (κ2) is 4.79. The van der Waals surface area contributed by atoms with Crippen molar-refractivity contribution in [3.63, 3.8) is 0 Å². The Morgan fingerprint density at radius 1 is 1.57 bits per heavy atom. The van der Waals surface area contributed by atoms with Crippen LogP contribution < -0.4 is 11.0 Å². The topological polar surface area (TPSA) is 46.9 Å². The maximum Gasteiger partial charge on any atom is 0.349 e. The van der Waals surface area contributed by atoms with Gasteiger partial charge in [-0.25, -0.2) is 4.79 Å². The predicted octanol–water partition coefficient (Wildman–Crippen LogP) is 1.16. The highest BCUT2D eigenvalue weighted by molar-refractivity contribution is 5.41. The van der Waals surface area contributed by atoms with E-state index in [1.54, 1.807) is 14.1 Å². The van der Waals surface area contributed by atoms with Crippen LogP contribution in [0.1, 0.15) is 25.3 Å². The highest BCUT2D eigenvalue weighted by atomic mass is 16.1. The predicted molar refractivity (Wildman–Crippen MR) is 57.6 cm³/mol. The average molecular weight is 195 g/mol. The Hall–Kier alpha value is -1.32. The van der Waals surface area contributed by atoms with Gasteiger partial charge in [-0.15, -0.1) is 0 Å². The first-order chi connectivity index (χ1) is 6.69. The van der Waals surface area contributed by atoms with E-state index in [1.165, 1.54) is 4.57 Å². The van der Waals surface area contributed by atoms with Gasteiger partial charge in [-0.05, 0) is 12.8 Å². The fourth-order valence-electron chi connectivity index (χ4n) is 1.36. The molecule has 1 rings (SSSR count). The molecule has 0 aromatic carbocycles. The van der Waals surface area contributed by atoms with Crippen LogP contribution in [-0.4, -0.2) is 16.6 Å². The van der Waals surface area contributed by atoms with E-state index in [-0.39, 0.29) is 5.69 Å². The van der Waals surface area contributed by atoms with Crippen molar-refractivity contribution in [3.05, 3.63) is 22.2 Å². The Morgan fingerprint density at radius 3 is 2.86 bits per heavy atom. The summed E-state index contributed by atoms with van der Waals surface area (Å²) in [6, 6.07) is 0. The summed E-state index contributed by atoms with van der Waals surface area (Å²) in [6.07, 6.45) is 5.09. The van der Waals surface area contributed by atoms with Crippen molar-refractivity contribution in [3.8, 4) is 0 Å². The molecular weight excluding hydrogens is 178 g/mol. The average Bonchev–Trinajstić information content (AvgIpc) is 2.19. The molecule has 0 aliphatic heterocycles. The number of nitrogens with zero attached hydrogens (tertiary/aromatic N) is 2. The number of aryl methyl sites for hydroxylation is 2. The number of aromatic nitrogens is 2. The summed E-state index contributed by atoms with van der Waals surface area (Å²) in [7, 11) is 3.52. The maximum atomic E-state index is 11.2. The summed E-state index contributed by atoms with van der Waals surface area (Å²) in [5, 5.41) is 2.95. The van der Waals surface area contributed by atoms with Crippen LogP contribution in [-0.2, 0) is 13.5 Å². The quantitative estimate of drug-likeness (QED) is 0.784. The zero-order valence-corrected chi connectivity index (χ0v) is 9.00. The molecule has 0 radical (unpaired) electrons. The van der Waals surface area contributed by atoms with Crippen LogP contribution in [0, 0.1) is 0 Å². The number of hydrogen-bond acceptors (Lipinski definition) is 3. The standard InChI is InChI=1S/C10H17N3O/c1-4-5-6-8-7-13(3)10(14)12-9(8)11-2/h7H,4-6H2,1-3H3,(H,11,12,14). The molecule has 1 heterocycles. The summed E-state index contributed by atoms with van der Waals surface area (Å²) in [5.41, 5.74) is 0.894. The third-order valence-corrected chi connectivity index (χ3v) is 2.20. The van der Waals surface area contributed by atoms with E-state index in [2.05, 4.69) is 17.2 Å². The third kappa shape index (κ3) is 2.34. The number of hydrogen-bond donors (Lipinski definition) is 1. The van der Waals surface area contributed by atoms with Gasteiger partial charge in [0.15, 0.2) is 0 Å². The van der Waals surface area contributed by atoms with Gasteiger partial charge >= 0.3 is 5.69 Å². The molecule has 4 heteroatoms. The maximum absolute atomic E-state index is 11.2. The summed E-state index contributed by atoms with van der Waals surface area (Å²) >= 11 is 0. The molecule has 0 atom stereocenters. The van der Waals surface area contributed by atoms with Crippen LogP contribution in [0.15, 0.2) is 11.0 Å². The molecule has 78 valence electrons. The normalized spacial score (nSPS) is 10.2. The van der Waals surface area contributed by atoms with Gasteiger partial charge in [0, 0.05) is 25.9 Å². The second-order valence-corrected chi connectivity index (χ2v) is 3.36. The first-order valence-corrected chi connectivity index (χ1v) is 4.93. The highest BCUT2D eigenvalue weighted by Crippen LogP contribution is 2.11. The van der Waals surface area contributed by atoms with E-state index in [0.29, 0.717) is 5.82 Å². The molecule has 0 spiro atoms. The summed E-state index contributed by atoms with van der Waals surface area (Å²) < 4.78 is 1.52. The van der Waals surface area contributed by atoms with E-state index in [4.69, 9.17) is 0 Å². The Labute approximate surface area is 84.0 Å². The molecule has 14 heavy (non-hydrogen) atoms. The summed E-state index contributed by atoms with van der Waals surface area (Å²) in [4.78, 5) is 15.2. The molecule has 0 aliphatic carbocycles. The van der Waals surface area contributed by atoms with Gasteiger partial charge in [0.1, 0.15) is 5.82 Å². The van der Waals surface area contributed by atoms with Gasteiger partial charge in [0.25, 0.3) is 0 Å². The molecule has 0 fully saturated rings. The van der Waals surface area contributed by atoms with Crippen LogP contribution in [0.4, 0.5) is 5.82 Å².